The molecule has 3 saturated heterocycles. The third-order valence-electron chi connectivity index (χ3n) is 7.25. The molecule has 32 heavy (non-hydrogen) atoms. The fourth-order valence-electron chi connectivity index (χ4n) is 5.33. The minimum absolute atomic E-state index is 0.0200. The first-order chi connectivity index (χ1) is 15.5. The summed E-state index contributed by atoms with van der Waals surface area (Å²) >= 11 is 0. The van der Waals surface area contributed by atoms with Gasteiger partial charge in [-0.3, -0.25) is 16.0 Å². The Bertz CT molecular complexity index is 570. The Morgan fingerprint density at radius 3 is 2.75 bits per heavy atom. The van der Waals surface area contributed by atoms with Crippen LogP contribution in [0.2, 0.25) is 0 Å². The Kier molecular flexibility index (Phi) is 9.10. The number of rotatable bonds is 10. The van der Waals surface area contributed by atoms with E-state index in [2.05, 4.69) is 26.2 Å². The van der Waals surface area contributed by atoms with Crippen LogP contribution < -0.4 is 27.0 Å². The molecule has 11 heteroatoms. The maximum Gasteiger partial charge on any atom is 0.142 e. The van der Waals surface area contributed by atoms with Crippen LogP contribution in [-0.2, 0) is 9.47 Å². The van der Waals surface area contributed by atoms with Gasteiger partial charge in [0.25, 0.3) is 0 Å². The van der Waals surface area contributed by atoms with Gasteiger partial charge in [0.05, 0.1) is 37.8 Å². The van der Waals surface area contributed by atoms with Crippen molar-refractivity contribution in [3.05, 3.63) is 0 Å². The normalized spacial score (nSPS) is 39.1. The van der Waals surface area contributed by atoms with Gasteiger partial charge in [0, 0.05) is 32.8 Å². The van der Waals surface area contributed by atoms with Crippen molar-refractivity contribution in [2.75, 3.05) is 53.2 Å². The predicted octanol–water partition coefficient (Wildman–Crippen LogP) is -2.70. The van der Waals surface area contributed by atoms with Crippen molar-refractivity contribution >= 4 is 0 Å². The van der Waals surface area contributed by atoms with Crippen LogP contribution in [-0.4, -0.2) is 122 Å². The highest BCUT2D eigenvalue weighted by Crippen LogP contribution is 2.28. The summed E-state index contributed by atoms with van der Waals surface area (Å²) in [6.07, 6.45) is 3.68. The van der Waals surface area contributed by atoms with Gasteiger partial charge in [-0.2, -0.15) is 0 Å². The quantitative estimate of drug-likeness (QED) is 0.172. The van der Waals surface area contributed by atoms with Crippen LogP contribution in [0.4, 0.5) is 0 Å². The monoisotopic (exact) mass is 457 g/mol. The van der Waals surface area contributed by atoms with Crippen molar-refractivity contribution in [2.45, 2.75) is 81.1 Å². The maximum absolute atomic E-state index is 10.7. The summed E-state index contributed by atoms with van der Waals surface area (Å²) in [5.74, 6) is 0. The molecule has 1 aliphatic carbocycles. The van der Waals surface area contributed by atoms with E-state index in [0.29, 0.717) is 26.0 Å². The van der Waals surface area contributed by atoms with E-state index in [9.17, 15) is 10.2 Å². The van der Waals surface area contributed by atoms with Crippen molar-refractivity contribution in [1.82, 2.24) is 31.1 Å². The highest BCUT2D eigenvalue weighted by Gasteiger charge is 2.51. The molecule has 3 unspecified atom stereocenters. The predicted molar refractivity (Wildman–Crippen MR) is 120 cm³/mol. The Morgan fingerprint density at radius 2 is 1.94 bits per heavy atom. The Balaban J connectivity index is 1.14. The molecule has 3 heterocycles. The third-order valence-corrected chi connectivity index (χ3v) is 7.25. The van der Waals surface area contributed by atoms with Gasteiger partial charge >= 0.3 is 0 Å². The number of likely N-dealkylation sites (N-methyl/N-ethyl adjacent to an activating group) is 1. The van der Waals surface area contributed by atoms with E-state index < -0.39 is 24.5 Å². The molecule has 186 valence electrons. The van der Waals surface area contributed by atoms with Crippen LogP contribution in [0, 0.1) is 0 Å². The maximum atomic E-state index is 10.7. The van der Waals surface area contributed by atoms with Gasteiger partial charge in [-0.15, -0.1) is 0 Å². The molecule has 0 radical (unpaired) electrons. The first-order valence-corrected chi connectivity index (χ1v) is 12.3. The van der Waals surface area contributed by atoms with Gasteiger partial charge in [-0.05, 0) is 19.9 Å². The summed E-state index contributed by atoms with van der Waals surface area (Å²) in [6, 6.07) is 0.0200. The number of aliphatic hydroxyl groups is 2. The van der Waals surface area contributed by atoms with E-state index in [-0.39, 0.29) is 18.4 Å². The zero-order chi connectivity index (χ0) is 22.5. The first-order valence-electron chi connectivity index (χ1n) is 12.3. The van der Waals surface area contributed by atoms with Crippen LogP contribution in [0.1, 0.15) is 32.1 Å². The molecule has 8 N–H and O–H groups in total. The lowest BCUT2D eigenvalue weighted by molar-refractivity contribution is -0.106. The number of ether oxygens (including phenoxy) is 2. The number of aliphatic hydroxyl groups excluding tert-OH is 2. The second kappa shape index (κ2) is 11.8. The second-order valence-electron chi connectivity index (χ2n) is 9.65. The summed E-state index contributed by atoms with van der Waals surface area (Å²) in [5.41, 5.74) is 6.14. The number of nitrogens with one attached hydrogen (secondary N) is 4. The third kappa shape index (κ3) is 5.97. The van der Waals surface area contributed by atoms with Crippen molar-refractivity contribution in [3.63, 3.8) is 0 Å². The molecule has 0 aromatic heterocycles. The fourth-order valence-corrected chi connectivity index (χ4v) is 5.33. The highest BCUT2D eigenvalue weighted by molar-refractivity contribution is 5.01. The number of hydrogen-bond acceptors (Lipinski definition) is 11. The molecule has 1 saturated carbocycles. The smallest absolute Gasteiger partial charge is 0.142 e. The minimum atomic E-state index is -0.961. The van der Waals surface area contributed by atoms with Crippen molar-refractivity contribution in [1.29, 1.82) is 0 Å². The topological polar surface area (TPSA) is 140 Å². The van der Waals surface area contributed by atoms with Crippen LogP contribution >= 0.6 is 0 Å². The average Bonchev–Trinajstić information content (AvgIpc) is 3.34. The van der Waals surface area contributed by atoms with E-state index >= 15 is 0 Å². The van der Waals surface area contributed by atoms with Crippen LogP contribution in [0.25, 0.3) is 0 Å². The Hall–Kier alpha value is -0.440. The number of fused-ring (bicyclic) bond motifs is 1. The van der Waals surface area contributed by atoms with Gasteiger partial charge in [0.1, 0.15) is 24.5 Å². The van der Waals surface area contributed by atoms with Crippen LogP contribution in [0.15, 0.2) is 0 Å². The van der Waals surface area contributed by atoms with Crippen molar-refractivity contribution in [2.24, 2.45) is 5.73 Å². The Labute approximate surface area is 191 Å². The van der Waals surface area contributed by atoms with Gasteiger partial charge in [-0.25, -0.2) is 4.90 Å². The lowest BCUT2D eigenvalue weighted by Gasteiger charge is -2.38. The fraction of sp³-hybridized carbons (Fsp3) is 1.00. The van der Waals surface area contributed by atoms with E-state index in [0.717, 1.165) is 26.2 Å². The van der Waals surface area contributed by atoms with Gasteiger partial charge < -0.3 is 35.6 Å². The van der Waals surface area contributed by atoms with Crippen molar-refractivity contribution in [3.8, 4) is 0 Å². The minimum Gasteiger partial charge on any atom is -0.387 e. The molecule has 3 aliphatic heterocycles. The number of hydrogen-bond donors (Lipinski definition) is 7. The lowest BCUT2D eigenvalue weighted by atomic mass is 9.98. The largest absolute Gasteiger partial charge is 0.387 e. The van der Waals surface area contributed by atoms with E-state index in [1.807, 2.05) is 11.9 Å². The van der Waals surface area contributed by atoms with Crippen LogP contribution in [0.3, 0.4) is 0 Å². The molecule has 0 aromatic rings. The molecule has 11 nitrogen and oxygen atoms in total. The van der Waals surface area contributed by atoms with Crippen molar-refractivity contribution < 1.29 is 19.7 Å². The number of nitrogens with two attached hydrogens (primary N) is 1. The second-order valence-corrected chi connectivity index (χ2v) is 9.65. The molecule has 0 spiro atoms. The molecule has 4 fully saturated rings. The summed E-state index contributed by atoms with van der Waals surface area (Å²) in [4.78, 5) is 4.15. The molecular weight excluding hydrogens is 414 g/mol. The molecule has 4 rings (SSSR count). The summed E-state index contributed by atoms with van der Waals surface area (Å²) < 4.78 is 12.1. The summed E-state index contributed by atoms with van der Waals surface area (Å²) in [7, 11) is 2.01. The van der Waals surface area contributed by atoms with E-state index in [1.54, 1.807) is 0 Å². The molecule has 4 aliphatic rings. The molecule has 0 bridgehead atoms. The average molecular weight is 458 g/mol. The standard InChI is InChI=1S/C21H43N7O4/c1-27(9-7-23-8-10-31-14-5-3-2-4-6-14)11-15-17(29)18(30)21(32-15)28-13-26-16-19(22)24-12-25-20(16)28/h14-21,23-26,29-30H,2-13,22H2,1H3/t15-,16?,17-,18-,19?,20?,21-/m1/s1. The summed E-state index contributed by atoms with van der Waals surface area (Å²) in [6.45, 7) is 4.97. The zero-order valence-corrected chi connectivity index (χ0v) is 19.3. The molecule has 0 aromatic carbocycles. The Morgan fingerprint density at radius 1 is 1.12 bits per heavy atom. The molecule has 7 atom stereocenters. The van der Waals surface area contributed by atoms with Crippen LogP contribution in [0.5, 0.6) is 0 Å². The van der Waals surface area contributed by atoms with Gasteiger partial charge in [-0.1, -0.05) is 19.3 Å². The first kappa shape index (κ1) is 24.7. The van der Waals surface area contributed by atoms with Gasteiger partial charge in [0.15, 0.2) is 0 Å². The van der Waals surface area contributed by atoms with E-state index in [4.69, 9.17) is 15.2 Å². The summed E-state index contributed by atoms with van der Waals surface area (Å²) in [5, 5.41) is 34.6. The molecule has 0 amide bonds. The number of nitrogens with zero attached hydrogens (tertiary/aromatic N) is 2. The zero-order valence-electron chi connectivity index (χ0n) is 19.3. The lowest BCUT2D eigenvalue weighted by Crippen LogP contribution is -2.68. The molecular formula is C21H43N7O4. The van der Waals surface area contributed by atoms with E-state index in [1.165, 1.54) is 32.1 Å². The SMILES string of the molecule is CN(CCNCCOC1CCCCC1)C[C@H]1O[C@@H](N2CNC3C(N)NCNC32)[C@H](O)[C@@H]1O. The van der Waals surface area contributed by atoms with Gasteiger partial charge in [0.2, 0.25) is 0 Å². The highest BCUT2D eigenvalue weighted by atomic mass is 16.6.